The SMILES string of the molecule is CCN1C(=O)NC(=O)C(=Cc2cn(CC(=O)N3CCOCC3)c3ccccc23)C1=O. The minimum absolute atomic E-state index is 0.0208. The number of amides is 5. The lowest BCUT2D eigenvalue weighted by Gasteiger charge is -2.27. The molecule has 0 aliphatic carbocycles. The number of nitrogens with one attached hydrogen (secondary N) is 1. The summed E-state index contributed by atoms with van der Waals surface area (Å²) >= 11 is 0. The molecule has 30 heavy (non-hydrogen) atoms. The largest absolute Gasteiger partial charge is 0.378 e. The van der Waals surface area contributed by atoms with Crippen molar-refractivity contribution < 1.29 is 23.9 Å². The average Bonchev–Trinajstić information content (AvgIpc) is 3.09. The highest BCUT2D eigenvalue weighted by Crippen LogP contribution is 2.25. The first-order valence-corrected chi connectivity index (χ1v) is 9.82. The molecule has 1 aromatic heterocycles. The molecule has 3 heterocycles. The van der Waals surface area contributed by atoms with Crippen molar-refractivity contribution in [3.8, 4) is 0 Å². The van der Waals surface area contributed by atoms with Crippen molar-refractivity contribution in [3.05, 3.63) is 41.6 Å². The minimum atomic E-state index is -0.726. The van der Waals surface area contributed by atoms with Crippen molar-refractivity contribution in [2.75, 3.05) is 32.8 Å². The number of benzene rings is 1. The summed E-state index contributed by atoms with van der Waals surface area (Å²) in [5.74, 6) is -1.38. The molecule has 9 nitrogen and oxygen atoms in total. The summed E-state index contributed by atoms with van der Waals surface area (Å²) in [6, 6.07) is 6.75. The van der Waals surface area contributed by atoms with Crippen LogP contribution in [0.3, 0.4) is 0 Å². The van der Waals surface area contributed by atoms with E-state index in [1.165, 1.54) is 6.08 Å². The number of para-hydroxylation sites is 1. The number of carbonyl (C=O) groups is 4. The Balaban J connectivity index is 1.69. The number of rotatable bonds is 4. The molecular weight excluding hydrogens is 388 g/mol. The van der Waals surface area contributed by atoms with E-state index in [9.17, 15) is 19.2 Å². The Bertz CT molecular complexity index is 1060. The van der Waals surface area contributed by atoms with Crippen molar-refractivity contribution in [2.24, 2.45) is 0 Å². The number of barbiturate groups is 1. The van der Waals surface area contributed by atoms with E-state index in [0.717, 1.165) is 15.8 Å². The Morgan fingerprint density at radius 1 is 1.17 bits per heavy atom. The third kappa shape index (κ3) is 3.59. The number of hydrogen-bond acceptors (Lipinski definition) is 5. The molecule has 2 aromatic rings. The maximum atomic E-state index is 12.7. The highest BCUT2D eigenvalue weighted by atomic mass is 16.5. The van der Waals surface area contributed by atoms with Crippen LogP contribution in [0.1, 0.15) is 12.5 Å². The van der Waals surface area contributed by atoms with E-state index in [2.05, 4.69) is 5.32 Å². The lowest BCUT2D eigenvalue weighted by atomic mass is 10.1. The van der Waals surface area contributed by atoms with Crippen molar-refractivity contribution in [3.63, 3.8) is 0 Å². The highest BCUT2D eigenvalue weighted by molar-refractivity contribution is 6.31. The third-order valence-electron chi connectivity index (χ3n) is 5.29. The van der Waals surface area contributed by atoms with Gasteiger partial charge in [0, 0.05) is 42.3 Å². The number of fused-ring (bicyclic) bond motifs is 1. The van der Waals surface area contributed by atoms with Crippen LogP contribution in [-0.4, -0.2) is 71.0 Å². The van der Waals surface area contributed by atoms with Crippen LogP contribution in [-0.2, 0) is 25.7 Å². The number of likely N-dealkylation sites (N-methyl/N-ethyl adjacent to an activating group) is 1. The molecule has 156 valence electrons. The summed E-state index contributed by atoms with van der Waals surface area (Å²) in [5, 5.41) is 3.00. The van der Waals surface area contributed by atoms with Gasteiger partial charge >= 0.3 is 6.03 Å². The van der Waals surface area contributed by atoms with Gasteiger partial charge in [0.05, 0.1) is 13.2 Å². The number of nitrogens with zero attached hydrogens (tertiary/aromatic N) is 3. The van der Waals surface area contributed by atoms with Crippen molar-refractivity contribution in [2.45, 2.75) is 13.5 Å². The van der Waals surface area contributed by atoms with E-state index >= 15 is 0 Å². The molecule has 0 radical (unpaired) electrons. The number of urea groups is 1. The van der Waals surface area contributed by atoms with Gasteiger partial charge in [-0.3, -0.25) is 24.6 Å². The number of ether oxygens (including phenoxy) is 1. The average molecular weight is 410 g/mol. The molecule has 2 fully saturated rings. The van der Waals surface area contributed by atoms with Gasteiger partial charge < -0.3 is 14.2 Å². The zero-order valence-corrected chi connectivity index (χ0v) is 16.6. The van der Waals surface area contributed by atoms with Gasteiger partial charge in [-0.15, -0.1) is 0 Å². The van der Waals surface area contributed by atoms with E-state index in [4.69, 9.17) is 4.74 Å². The van der Waals surface area contributed by atoms with Gasteiger partial charge in [-0.05, 0) is 19.1 Å². The van der Waals surface area contributed by atoms with Crippen LogP contribution in [0.2, 0.25) is 0 Å². The number of morpholine rings is 1. The standard InChI is InChI=1S/C21H22N4O5/c1-2-25-20(28)16(19(27)22-21(25)29)11-14-12-24(17-6-4-3-5-15(14)17)13-18(26)23-7-9-30-10-8-23/h3-6,11-12H,2,7-10,13H2,1H3,(H,22,27,29). The molecule has 2 aliphatic heterocycles. The molecule has 4 rings (SSSR count). The second kappa shape index (κ2) is 8.11. The number of hydrogen-bond donors (Lipinski definition) is 1. The van der Waals surface area contributed by atoms with Gasteiger partial charge in [0.25, 0.3) is 11.8 Å². The van der Waals surface area contributed by atoms with E-state index in [1.807, 2.05) is 28.8 Å². The van der Waals surface area contributed by atoms with E-state index in [1.54, 1.807) is 18.0 Å². The van der Waals surface area contributed by atoms with Crippen molar-refractivity contribution in [1.29, 1.82) is 0 Å². The third-order valence-corrected chi connectivity index (χ3v) is 5.29. The fraction of sp³-hybridized carbons (Fsp3) is 0.333. The fourth-order valence-corrected chi connectivity index (χ4v) is 3.72. The topological polar surface area (TPSA) is 101 Å². The molecule has 1 N–H and O–H groups in total. The van der Waals surface area contributed by atoms with Gasteiger partial charge in [-0.1, -0.05) is 18.2 Å². The quantitative estimate of drug-likeness (QED) is 0.598. The van der Waals surface area contributed by atoms with Crippen LogP contribution >= 0.6 is 0 Å². The first-order valence-electron chi connectivity index (χ1n) is 9.82. The highest BCUT2D eigenvalue weighted by Gasteiger charge is 2.34. The number of imide groups is 2. The molecule has 0 saturated carbocycles. The van der Waals surface area contributed by atoms with Gasteiger partial charge in [0.15, 0.2) is 0 Å². The number of carbonyl (C=O) groups excluding carboxylic acids is 4. The maximum absolute atomic E-state index is 12.7. The molecule has 0 atom stereocenters. The summed E-state index contributed by atoms with van der Waals surface area (Å²) in [6.45, 7) is 4.14. The Morgan fingerprint density at radius 3 is 2.63 bits per heavy atom. The van der Waals surface area contributed by atoms with Crippen LogP contribution < -0.4 is 5.32 Å². The van der Waals surface area contributed by atoms with Crippen LogP contribution in [0, 0.1) is 0 Å². The lowest BCUT2D eigenvalue weighted by molar-refractivity contribution is -0.136. The Labute approximate surface area is 172 Å². The van der Waals surface area contributed by atoms with Gasteiger partial charge in [0.1, 0.15) is 12.1 Å². The number of aromatic nitrogens is 1. The summed E-state index contributed by atoms with van der Waals surface area (Å²) < 4.78 is 7.11. The first-order chi connectivity index (χ1) is 14.5. The molecule has 0 unspecified atom stereocenters. The minimum Gasteiger partial charge on any atom is -0.378 e. The molecule has 0 bridgehead atoms. The van der Waals surface area contributed by atoms with Gasteiger partial charge in [-0.2, -0.15) is 0 Å². The smallest absolute Gasteiger partial charge is 0.331 e. The maximum Gasteiger partial charge on any atom is 0.331 e. The van der Waals surface area contributed by atoms with Crippen molar-refractivity contribution in [1.82, 2.24) is 19.7 Å². The van der Waals surface area contributed by atoms with Crippen LogP contribution in [0.15, 0.2) is 36.0 Å². The molecule has 1 aromatic carbocycles. The Hall–Kier alpha value is -3.46. The first kappa shape index (κ1) is 19.8. The van der Waals surface area contributed by atoms with Crippen LogP contribution in [0.5, 0.6) is 0 Å². The van der Waals surface area contributed by atoms with E-state index in [0.29, 0.717) is 31.9 Å². The van der Waals surface area contributed by atoms with E-state index in [-0.39, 0.29) is 24.6 Å². The summed E-state index contributed by atoms with van der Waals surface area (Å²) in [4.78, 5) is 52.2. The predicted octanol–water partition coefficient (Wildman–Crippen LogP) is 0.982. The molecule has 2 saturated heterocycles. The zero-order chi connectivity index (χ0) is 21.3. The molecular formula is C21H22N4O5. The van der Waals surface area contributed by atoms with Crippen LogP contribution in [0.25, 0.3) is 17.0 Å². The monoisotopic (exact) mass is 410 g/mol. The molecule has 0 spiro atoms. The molecule has 9 heteroatoms. The summed E-state index contributed by atoms with van der Waals surface area (Å²) in [5.41, 5.74) is 1.33. The molecule has 5 amide bonds. The normalized spacial score (nSPS) is 19.0. The Kier molecular flexibility index (Phi) is 5.37. The summed E-state index contributed by atoms with van der Waals surface area (Å²) in [7, 11) is 0. The Morgan fingerprint density at radius 2 is 1.90 bits per heavy atom. The second-order valence-electron chi connectivity index (χ2n) is 7.09. The van der Waals surface area contributed by atoms with E-state index < -0.39 is 17.8 Å². The van der Waals surface area contributed by atoms with Gasteiger partial charge in [0.2, 0.25) is 5.91 Å². The molecule has 2 aliphatic rings. The predicted molar refractivity (Wildman–Crippen MR) is 108 cm³/mol. The van der Waals surface area contributed by atoms with Gasteiger partial charge in [-0.25, -0.2) is 4.79 Å². The van der Waals surface area contributed by atoms with Crippen molar-refractivity contribution >= 4 is 40.7 Å². The van der Waals surface area contributed by atoms with Crippen LogP contribution in [0.4, 0.5) is 4.79 Å². The summed E-state index contributed by atoms with van der Waals surface area (Å²) in [6.07, 6.45) is 3.23. The zero-order valence-electron chi connectivity index (χ0n) is 16.6. The fourth-order valence-electron chi connectivity index (χ4n) is 3.72. The lowest BCUT2D eigenvalue weighted by Crippen LogP contribution is -2.53. The second-order valence-corrected chi connectivity index (χ2v) is 7.09.